The van der Waals surface area contributed by atoms with Gasteiger partial charge < -0.3 is 10.4 Å². The molecule has 128 valence electrons. The topological polar surface area (TPSA) is 84.2 Å². The number of nitrogens with zero attached hydrogens (tertiary/aromatic N) is 2. The zero-order valence-corrected chi connectivity index (χ0v) is 14.0. The first kappa shape index (κ1) is 17.7. The average Bonchev–Trinajstić information content (AvgIpc) is 3.04. The fourth-order valence-corrected chi connectivity index (χ4v) is 2.50. The van der Waals surface area contributed by atoms with Gasteiger partial charge >= 0.3 is 5.97 Å². The molecule has 0 fully saturated rings. The van der Waals surface area contributed by atoms with Crippen LogP contribution in [0.5, 0.6) is 0 Å². The van der Waals surface area contributed by atoms with Crippen molar-refractivity contribution >= 4 is 11.9 Å². The highest BCUT2D eigenvalue weighted by Gasteiger charge is 2.19. The third kappa shape index (κ3) is 5.22. The normalized spacial score (nSPS) is 12.1. The van der Waals surface area contributed by atoms with Gasteiger partial charge in [0.25, 0.3) is 5.91 Å². The SMILES string of the molecule is CC(C)CC(CNC(=O)c1ccc(Cn2cccn2)cc1)C(=O)O. The first-order valence-electron chi connectivity index (χ1n) is 8.03. The van der Waals surface area contributed by atoms with Crippen molar-refractivity contribution < 1.29 is 14.7 Å². The van der Waals surface area contributed by atoms with E-state index >= 15 is 0 Å². The van der Waals surface area contributed by atoms with E-state index in [9.17, 15) is 14.7 Å². The van der Waals surface area contributed by atoms with E-state index in [1.807, 2.05) is 38.2 Å². The van der Waals surface area contributed by atoms with E-state index < -0.39 is 11.9 Å². The number of carboxylic acid groups (broad SMARTS) is 1. The number of hydrogen-bond acceptors (Lipinski definition) is 3. The van der Waals surface area contributed by atoms with Crippen LogP contribution in [0.4, 0.5) is 0 Å². The maximum Gasteiger partial charge on any atom is 0.308 e. The van der Waals surface area contributed by atoms with Crippen LogP contribution < -0.4 is 5.32 Å². The van der Waals surface area contributed by atoms with Gasteiger partial charge in [0.1, 0.15) is 0 Å². The molecule has 0 bridgehead atoms. The molecule has 0 aliphatic carbocycles. The molecule has 0 aliphatic heterocycles. The molecule has 0 saturated heterocycles. The summed E-state index contributed by atoms with van der Waals surface area (Å²) in [7, 11) is 0. The van der Waals surface area contributed by atoms with Gasteiger partial charge in [-0.05, 0) is 36.1 Å². The van der Waals surface area contributed by atoms with Gasteiger partial charge in [-0.1, -0.05) is 26.0 Å². The lowest BCUT2D eigenvalue weighted by atomic mass is 9.97. The summed E-state index contributed by atoms with van der Waals surface area (Å²) in [5.41, 5.74) is 1.56. The molecule has 1 aromatic carbocycles. The minimum Gasteiger partial charge on any atom is -0.481 e. The Morgan fingerprint density at radius 2 is 1.96 bits per heavy atom. The van der Waals surface area contributed by atoms with Crippen LogP contribution in [0.1, 0.15) is 36.2 Å². The van der Waals surface area contributed by atoms with Crippen LogP contribution in [-0.4, -0.2) is 33.3 Å². The minimum absolute atomic E-state index is 0.140. The van der Waals surface area contributed by atoms with Gasteiger partial charge in [0.2, 0.25) is 0 Å². The fourth-order valence-electron chi connectivity index (χ4n) is 2.50. The summed E-state index contributed by atoms with van der Waals surface area (Å²) in [6, 6.07) is 9.09. The van der Waals surface area contributed by atoms with Crippen molar-refractivity contribution in [3.05, 3.63) is 53.9 Å². The van der Waals surface area contributed by atoms with Gasteiger partial charge in [0.05, 0.1) is 12.5 Å². The Bertz CT molecular complexity index is 663. The quantitative estimate of drug-likeness (QED) is 0.779. The molecule has 24 heavy (non-hydrogen) atoms. The number of hydrogen-bond donors (Lipinski definition) is 2. The highest BCUT2D eigenvalue weighted by molar-refractivity contribution is 5.94. The number of carbonyl (C=O) groups excluding carboxylic acids is 1. The molecular weight excluding hydrogens is 306 g/mol. The largest absolute Gasteiger partial charge is 0.481 e. The van der Waals surface area contributed by atoms with Crippen LogP contribution in [0, 0.1) is 11.8 Å². The summed E-state index contributed by atoms with van der Waals surface area (Å²) in [6.45, 7) is 4.72. The minimum atomic E-state index is -0.876. The Labute approximate surface area is 141 Å². The summed E-state index contributed by atoms with van der Waals surface area (Å²) < 4.78 is 1.80. The van der Waals surface area contributed by atoms with Crippen LogP contribution in [-0.2, 0) is 11.3 Å². The predicted molar refractivity (Wildman–Crippen MR) is 90.7 cm³/mol. The maximum absolute atomic E-state index is 12.2. The Balaban J connectivity index is 1.91. The van der Waals surface area contributed by atoms with Crippen LogP contribution in [0.15, 0.2) is 42.7 Å². The second kappa shape index (κ2) is 8.29. The molecule has 1 unspecified atom stereocenters. The first-order chi connectivity index (χ1) is 11.5. The number of amides is 1. The summed E-state index contributed by atoms with van der Waals surface area (Å²) in [4.78, 5) is 23.4. The number of aromatic nitrogens is 2. The van der Waals surface area contributed by atoms with E-state index in [2.05, 4.69) is 10.4 Å². The Morgan fingerprint density at radius 1 is 1.25 bits per heavy atom. The van der Waals surface area contributed by atoms with Gasteiger partial charge in [-0.2, -0.15) is 5.10 Å². The lowest BCUT2D eigenvalue weighted by Gasteiger charge is -2.15. The van der Waals surface area contributed by atoms with Crippen molar-refractivity contribution in [2.75, 3.05) is 6.54 Å². The van der Waals surface area contributed by atoms with Gasteiger partial charge in [-0.25, -0.2) is 0 Å². The van der Waals surface area contributed by atoms with Crippen molar-refractivity contribution in [2.45, 2.75) is 26.8 Å². The highest BCUT2D eigenvalue weighted by atomic mass is 16.4. The number of carboxylic acids is 1. The third-order valence-electron chi connectivity index (χ3n) is 3.73. The second-order valence-corrected chi connectivity index (χ2v) is 6.28. The van der Waals surface area contributed by atoms with Gasteiger partial charge in [-0.3, -0.25) is 14.3 Å². The smallest absolute Gasteiger partial charge is 0.308 e. The standard InChI is InChI=1S/C18H23N3O3/c1-13(2)10-16(18(23)24)11-19-17(22)15-6-4-14(5-7-15)12-21-9-3-8-20-21/h3-9,13,16H,10-12H2,1-2H3,(H,19,22)(H,23,24). The number of nitrogens with one attached hydrogen (secondary N) is 1. The van der Waals surface area contributed by atoms with Gasteiger partial charge in [-0.15, -0.1) is 0 Å². The van der Waals surface area contributed by atoms with E-state index in [-0.39, 0.29) is 18.4 Å². The Hall–Kier alpha value is -2.63. The lowest BCUT2D eigenvalue weighted by molar-refractivity contribution is -0.142. The van der Waals surface area contributed by atoms with E-state index in [1.54, 1.807) is 23.0 Å². The summed E-state index contributed by atoms with van der Waals surface area (Å²) in [6.07, 6.45) is 4.14. The zero-order chi connectivity index (χ0) is 17.5. The molecule has 1 heterocycles. The molecule has 1 amide bonds. The lowest BCUT2D eigenvalue weighted by Crippen LogP contribution is -2.33. The Morgan fingerprint density at radius 3 is 2.50 bits per heavy atom. The number of rotatable bonds is 8. The summed E-state index contributed by atoms with van der Waals surface area (Å²) in [5.74, 6) is -1.42. The molecule has 0 saturated carbocycles. The van der Waals surface area contributed by atoms with Crippen molar-refractivity contribution in [1.29, 1.82) is 0 Å². The molecule has 0 aliphatic rings. The molecule has 1 aromatic heterocycles. The number of carbonyl (C=O) groups is 2. The van der Waals surface area contributed by atoms with Gasteiger partial charge in [0.15, 0.2) is 0 Å². The van der Waals surface area contributed by atoms with Crippen molar-refractivity contribution in [3.63, 3.8) is 0 Å². The first-order valence-corrected chi connectivity index (χ1v) is 8.03. The molecule has 2 N–H and O–H groups in total. The molecule has 0 spiro atoms. The number of aliphatic carboxylic acids is 1. The highest BCUT2D eigenvalue weighted by Crippen LogP contribution is 2.12. The van der Waals surface area contributed by atoms with Crippen LogP contribution in [0.3, 0.4) is 0 Å². The molecule has 0 radical (unpaired) electrons. The number of benzene rings is 1. The van der Waals surface area contributed by atoms with Gasteiger partial charge in [0, 0.05) is 24.5 Å². The average molecular weight is 329 g/mol. The van der Waals surface area contributed by atoms with Crippen molar-refractivity contribution in [2.24, 2.45) is 11.8 Å². The molecule has 6 nitrogen and oxygen atoms in total. The monoisotopic (exact) mass is 329 g/mol. The predicted octanol–water partition coefficient (Wildman–Crippen LogP) is 2.41. The molecule has 2 rings (SSSR count). The van der Waals surface area contributed by atoms with Crippen molar-refractivity contribution in [3.8, 4) is 0 Å². The molecule has 6 heteroatoms. The van der Waals surface area contributed by atoms with E-state index in [0.29, 0.717) is 18.5 Å². The van der Waals surface area contributed by atoms with E-state index in [0.717, 1.165) is 5.56 Å². The molecule has 1 atom stereocenters. The van der Waals surface area contributed by atoms with Crippen LogP contribution >= 0.6 is 0 Å². The second-order valence-electron chi connectivity index (χ2n) is 6.28. The summed E-state index contributed by atoms with van der Waals surface area (Å²) in [5, 5.41) is 16.1. The maximum atomic E-state index is 12.2. The van der Waals surface area contributed by atoms with E-state index in [4.69, 9.17) is 0 Å². The fraction of sp³-hybridized carbons (Fsp3) is 0.389. The summed E-state index contributed by atoms with van der Waals surface area (Å²) >= 11 is 0. The molecule has 2 aromatic rings. The zero-order valence-electron chi connectivity index (χ0n) is 14.0. The third-order valence-corrected chi connectivity index (χ3v) is 3.73. The van der Waals surface area contributed by atoms with Crippen LogP contribution in [0.25, 0.3) is 0 Å². The van der Waals surface area contributed by atoms with Crippen LogP contribution in [0.2, 0.25) is 0 Å². The molecular formula is C18H23N3O3. The Kier molecular flexibility index (Phi) is 6.12. The van der Waals surface area contributed by atoms with Crippen molar-refractivity contribution in [1.82, 2.24) is 15.1 Å². The van der Waals surface area contributed by atoms with E-state index in [1.165, 1.54) is 0 Å².